The van der Waals surface area contributed by atoms with Gasteiger partial charge in [0.15, 0.2) is 0 Å². The quantitative estimate of drug-likeness (QED) is 0.674. The van der Waals surface area contributed by atoms with Crippen LogP contribution in [0.3, 0.4) is 0 Å². The van der Waals surface area contributed by atoms with Crippen LogP contribution in [0.5, 0.6) is 5.75 Å². The maximum atomic E-state index is 12.9. The molecule has 2 rings (SSSR count). The monoisotopic (exact) mass is 382 g/mol. The number of hydrogen-bond acceptors (Lipinski definition) is 3. The minimum absolute atomic E-state index is 0.0492. The van der Waals surface area contributed by atoms with Crippen molar-refractivity contribution in [2.24, 2.45) is 0 Å². The molecule has 0 aliphatic rings. The average Bonchev–Trinajstić information content (AvgIpc) is 2.70. The summed E-state index contributed by atoms with van der Waals surface area (Å²) in [6, 6.07) is 15.2. The summed E-state index contributed by atoms with van der Waals surface area (Å²) < 4.78 is 5.71. The Morgan fingerprint density at radius 2 is 1.75 bits per heavy atom. The highest BCUT2D eigenvalue weighted by atomic mass is 16.5. The molecule has 2 aromatic rings. The Kier molecular flexibility index (Phi) is 8.05. The molecule has 150 valence electrons. The van der Waals surface area contributed by atoms with Gasteiger partial charge in [0.1, 0.15) is 11.8 Å². The zero-order valence-electron chi connectivity index (χ0n) is 17.2. The fourth-order valence-electron chi connectivity index (χ4n) is 2.95. The lowest BCUT2D eigenvalue weighted by molar-refractivity contribution is -0.140. The van der Waals surface area contributed by atoms with Crippen molar-refractivity contribution in [2.75, 3.05) is 13.7 Å². The number of carbonyl (C=O) groups is 2. The molecule has 0 bridgehead atoms. The topological polar surface area (TPSA) is 58.6 Å². The fraction of sp³-hybridized carbons (Fsp3) is 0.391. The summed E-state index contributed by atoms with van der Waals surface area (Å²) in [7, 11) is 1.59. The number of rotatable bonds is 9. The fourth-order valence-corrected chi connectivity index (χ4v) is 2.95. The Hall–Kier alpha value is -2.82. The summed E-state index contributed by atoms with van der Waals surface area (Å²) in [5, 5.41) is 2.64. The van der Waals surface area contributed by atoms with Gasteiger partial charge in [-0.2, -0.15) is 0 Å². The predicted molar refractivity (Wildman–Crippen MR) is 111 cm³/mol. The van der Waals surface area contributed by atoms with Gasteiger partial charge < -0.3 is 15.0 Å². The predicted octanol–water partition coefficient (Wildman–Crippen LogP) is 3.63. The molecule has 1 N–H and O–H groups in total. The van der Waals surface area contributed by atoms with Crippen LogP contribution in [0.4, 0.5) is 0 Å². The van der Waals surface area contributed by atoms with Gasteiger partial charge in [0, 0.05) is 20.0 Å². The molecule has 0 aromatic heterocycles. The van der Waals surface area contributed by atoms with Gasteiger partial charge in [-0.15, -0.1) is 0 Å². The van der Waals surface area contributed by atoms with Gasteiger partial charge in [0.05, 0.1) is 6.61 Å². The third-order valence-electron chi connectivity index (χ3n) is 4.84. The summed E-state index contributed by atoms with van der Waals surface area (Å²) in [6.07, 6.45) is 0.927. The first-order valence-corrected chi connectivity index (χ1v) is 9.67. The SMILES string of the molecule is CNC(=O)C(C)N(Cc1ccccc1C)C(=O)CCCOc1ccc(C)cc1. The molecule has 28 heavy (non-hydrogen) atoms. The van der Waals surface area contributed by atoms with E-state index in [1.165, 1.54) is 5.56 Å². The zero-order valence-corrected chi connectivity index (χ0v) is 17.2. The maximum Gasteiger partial charge on any atom is 0.242 e. The molecule has 0 radical (unpaired) electrons. The number of hydrogen-bond donors (Lipinski definition) is 1. The lowest BCUT2D eigenvalue weighted by Crippen LogP contribution is -2.46. The molecule has 0 aliphatic heterocycles. The minimum Gasteiger partial charge on any atom is -0.494 e. The number of carbonyl (C=O) groups excluding carboxylic acids is 2. The third kappa shape index (κ3) is 6.12. The molecule has 2 aromatic carbocycles. The zero-order chi connectivity index (χ0) is 20.5. The molecule has 0 fully saturated rings. The van der Waals surface area contributed by atoms with Gasteiger partial charge >= 0.3 is 0 Å². The first-order chi connectivity index (χ1) is 13.4. The van der Waals surface area contributed by atoms with Crippen molar-refractivity contribution >= 4 is 11.8 Å². The second-order valence-electron chi connectivity index (χ2n) is 7.00. The van der Waals surface area contributed by atoms with Crippen LogP contribution in [0.25, 0.3) is 0 Å². The molecule has 0 saturated heterocycles. The smallest absolute Gasteiger partial charge is 0.242 e. The van der Waals surface area contributed by atoms with E-state index in [-0.39, 0.29) is 11.8 Å². The largest absolute Gasteiger partial charge is 0.494 e. The van der Waals surface area contributed by atoms with Crippen LogP contribution in [0.15, 0.2) is 48.5 Å². The first-order valence-electron chi connectivity index (χ1n) is 9.67. The molecule has 0 heterocycles. The summed E-state index contributed by atoms with van der Waals surface area (Å²) in [6.45, 7) is 6.68. The van der Waals surface area contributed by atoms with E-state index in [9.17, 15) is 9.59 Å². The van der Waals surface area contributed by atoms with Crippen LogP contribution in [0, 0.1) is 13.8 Å². The standard InChI is InChI=1S/C23H30N2O3/c1-17-11-13-21(14-12-17)28-15-7-10-22(26)25(19(3)23(27)24-4)16-20-9-6-5-8-18(20)2/h5-6,8-9,11-14,19H,7,10,15-16H2,1-4H3,(H,24,27). The molecule has 5 nitrogen and oxygen atoms in total. The van der Waals surface area contributed by atoms with E-state index >= 15 is 0 Å². The van der Waals surface area contributed by atoms with E-state index in [1.54, 1.807) is 18.9 Å². The van der Waals surface area contributed by atoms with Crippen LogP contribution in [-0.2, 0) is 16.1 Å². The van der Waals surface area contributed by atoms with Gasteiger partial charge in [-0.1, -0.05) is 42.0 Å². The highest BCUT2D eigenvalue weighted by Gasteiger charge is 2.25. The second-order valence-corrected chi connectivity index (χ2v) is 7.00. The molecular formula is C23H30N2O3. The van der Waals surface area contributed by atoms with Gasteiger partial charge in [-0.05, 0) is 50.5 Å². The highest BCUT2D eigenvalue weighted by Crippen LogP contribution is 2.16. The van der Waals surface area contributed by atoms with Crippen molar-refractivity contribution in [3.63, 3.8) is 0 Å². The van der Waals surface area contributed by atoms with Crippen molar-refractivity contribution < 1.29 is 14.3 Å². The Bertz CT molecular complexity index is 787. The van der Waals surface area contributed by atoms with Crippen molar-refractivity contribution in [2.45, 2.75) is 46.2 Å². The molecule has 0 spiro atoms. The second kappa shape index (κ2) is 10.5. The van der Waals surface area contributed by atoms with Gasteiger partial charge in [-0.25, -0.2) is 0 Å². The van der Waals surface area contributed by atoms with Crippen molar-refractivity contribution in [1.29, 1.82) is 0 Å². The third-order valence-corrected chi connectivity index (χ3v) is 4.84. The Morgan fingerprint density at radius 1 is 1.07 bits per heavy atom. The van der Waals surface area contributed by atoms with E-state index in [1.807, 2.05) is 62.4 Å². The number of nitrogens with one attached hydrogen (secondary N) is 1. The summed E-state index contributed by atoms with van der Waals surface area (Å²) in [5.41, 5.74) is 3.33. The number of ether oxygens (including phenoxy) is 1. The molecule has 1 atom stereocenters. The number of amides is 2. The molecule has 2 amide bonds. The van der Waals surface area contributed by atoms with E-state index in [0.717, 1.165) is 16.9 Å². The van der Waals surface area contributed by atoms with Gasteiger partial charge in [-0.3, -0.25) is 9.59 Å². The van der Waals surface area contributed by atoms with Gasteiger partial charge in [0.2, 0.25) is 11.8 Å². The molecule has 0 aliphatic carbocycles. The molecule has 5 heteroatoms. The summed E-state index contributed by atoms with van der Waals surface area (Å²) in [5.74, 6) is 0.582. The normalized spacial score (nSPS) is 11.6. The summed E-state index contributed by atoms with van der Waals surface area (Å²) in [4.78, 5) is 26.7. The lowest BCUT2D eigenvalue weighted by Gasteiger charge is -2.29. The van der Waals surface area contributed by atoms with Crippen LogP contribution in [0.2, 0.25) is 0 Å². The number of benzene rings is 2. The highest BCUT2D eigenvalue weighted by molar-refractivity contribution is 5.87. The van der Waals surface area contributed by atoms with E-state index < -0.39 is 6.04 Å². The lowest BCUT2D eigenvalue weighted by atomic mass is 10.1. The maximum absolute atomic E-state index is 12.9. The van der Waals surface area contributed by atoms with Crippen LogP contribution in [0.1, 0.15) is 36.5 Å². The van der Waals surface area contributed by atoms with Crippen molar-refractivity contribution in [3.05, 3.63) is 65.2 Å². The Balaban J connectivity index is 1.97. The van der Waals surface area contributed by atoms with Crippen molar-refractivity contribution in [1.82, 2.24) is 10.2 Å². The summed E-state index contributed by atoms with van der Waals surface area (Å²) >= 11 is 0. The van der Waals surface area contributed by atoms with E-state index in [4.69, 9.17) is 4.74 Å². The van der Waals surface area contributed by atoms with Crippen molar-refractivity contribution in [3.8, 4) is 5.75 Å². The first kappa shape index (κ1) is 21.5. The van der Waals surface area contributed by atoms with E-state index in [2.05, 4.69) is 5.32 Å². The minimum atomic E-state index is -0.532. The number of aryl methyl sites for hydroxylation is 2. The van der Waals surface area contributed by atoms with Crippen LogP contribution >= 0.6 is 0 Å². The van der Waals surface area contributed by atoms with Crippen LogP contribution in [-0.4, -0.2) is 36.4 Å². The Morgan fingerprint density at radius 3 is 2.39 bits per heavy atom. The molecular weight excluding hydrogens is 352 g/mol. The van der Waals surface area contributed by atoms with E-state index in [0.29, 0.717) is 26.0 Å². The molecule has 0 saturated carbocycles. The van der Waals surface area contributed by atoms with Crippen LogP contribution < -0.4 is 10.1 Å². The average molecular weight is 383 g/mol. The number of nitrogens with zero attached hydrogens (tertiary/aromatic N) is 1. The molecule has 1 unspecified atom stereocenters. The Labute approximate surface area is 167 Å². The number of likely N-dealkylation sites (N-methyl/N-ethyl adjacent to an activating group) is 1. The van der Waals surface area contributed by atoms with Gasteiger partial charge in [0.25, 0.3) is 0 Å².